The summed E-state index contributed by atoms with van der Waals surface area (Å²) in [6, 6.07) is -0.0574. The van der Waals surface area contributed by atoms with Crippen LogP contribution in [0, 0.1) is 6.92 Å². The molecule has 2 N–H and O–H groups in total. The Morgan fingerprint density at radius 3 is 3.00 bits per heavy atom. The van der Waals surface area contributed by atoms with Gasteiger partial charge in [0, 0.05) is 30.7 Å². The van der Waals surface area contributed by atoms with Crippen LogP contribution in [0.2, 0.25) is 0 Å². The average molecular weight is 250 g/mol. The van der Waals surface area contributed by atoms with Gasteiger partial charge in [-0.25, -0.2) is 9.97 Å². The summed E-state index contributed by atoms with van der Waals surface area (Å²) in [5.41, 5.74) is 7.13. The first-order chi connectivity index (χ1) is 8.20. The van der Waals surface area contributed by atoms with Crippen LogP contribution in [0.15, 0.2) is 17.8 Å². The van der Waals surface area contributed by atoms with Crippen LogP contribution < -0.4 is 5.73 Å². The van der Waals surface area contributed by atoms with Gasteiger partial charge in [0.1, 0.15) is 5.82 Å². The zero-order valence-corrected chi connectivity index (χ0v) is 11.1. The fraction of sp³-hybridized carbons (Fsp3) is 0.500. The highest BCUT2D eigenvalue weighted by atomic mass is 32.1. The number of rotatable bonds is 5. The van der Waals surface area contributed by atoms with Gasteiger partial charge in [0.25, 0.3) is 0 Å². The van der Waals surface area contributed by atoms with Gasteiger partial charge in [0.2, 0.25) is 0 Å². The third-order valence-corrected chi connectivity index (χ3v) is 3.48. The fourth-order valence-electron chi connectivity index (χ4n) is 1.83. The third-order valence-electron chi connectivity index (χ3n) is 2.69. The molecular formula is C12H18N4S. The molecule has 92 valence electrons. The van der Waals surface area contributed by atoms with E-state index in [-0.39, 0.29) is 6.04 Å². The molecule has 2 rings (SSSR count). The number of nitrogens with two attached hydrogens (primary N) is 1. The molecule has 2 aromatic heterocycles. The van der Waals surface area contributed by atoms with Crippen molar-refractivity contribution in [1.29, 1.82) is 0 Å². The lowest BCUT2D eigenvalue weighted by Crippen LogP contribution is -2.17. The minimum absolute atomic E-state index is 0.0574. The minimum atomic E-state index is -0.0574. The van der Waals surface area contributed by atoms with Gasteiger partial charge in [-0.15, -0.1) is 11.3 Å². The maximum absolute atomic E-state index is 6.16. The van der Waals surface area contributed by atoms with E-state index in [1.807, 2.05) is 24.7 Å². The maximum atomic E-state index is 6.16. The average Bonchev–Trinajstić information content (AvgIpc) is 2.89. The lowest BCUT2D eigenvalue weighted by Gasteiger charge is -2.10. The van der Waals surface area contributed by atoms with Gasteiger partial charge in [-0.05, 0) is 13.3 Å². The molecule has 0 aromatic carbocycles. The van der Waals surface area contributed by atoms with Crippen LogP contribution >= 0.6 is 11.3 Å². The molecule has 0 amide bonds. The van der Waals surface area contributed by atoms with Crippen LogP contribution in [0.4, 0.5) is 0 Å². The van der Waals surface area contributed by atoms with Crippen molar-refractivity contribution < 1.29 is 0 Å². The van der Waals surface area contributed by atoms with Crippen LogP contribution in [0.3, 0.4) is 0 Å². The number of aromatic nitrogens is 3. The third kappa shape index (κ3) is 2.92. The molecule has 2 heterocycles. The van der Waals surface area contributed by atoms with Crippen molar-refractivity contribution in [1.82, 2.24) is 14.5 Å². The predicted molar refractivity (Wildman–Crippen MR) is 70.0 cm³/mol. The normalized spacial score (nSPS) is 12.9. The van der Waals surface area contributed by atoms with Crippen molar-refractivity contribution in [3.8, 4) is 0 Å². The Morgan fingerprint density at radius 2 is 2.35 bits per heavy atom. The van der Waals surface area contributed by atoms with E-state index in [0.29, 0.717) is 0 Å². The predicted octanol–water partition coefficient (Wildman–Crippen LogP) is 2.30. The number of aryl methyl sites for hydroxylation is 2. The van der Waals surface area contributed by atoms with E-state index in [1.165, 1.54) is 0 Å². The zero-order chi connectivity index (χ0) is 12.3. The van der Waals surface area contributed by atoms with E-state index in [1.54, 1.807) is 11.3 Å². The van der Waals surface area contributed by atoms with Crippen LogP contribution in [-0.4, -0.2) is 14.5 Å². The Bertz CT molecular complexity index is 474. The summed E-state index contributed by atoms with van der Waals surface area (Å²) < 4.78 is 2.17. The van der Waals surface area contributed by atoms with Crippen LogP contribution in [0.5, 0.6) is 0 Å². The summed E-state index contributed by atoms with van der Waals surface area (Å²) in [7, 11) is 0. The summed E-state index contributed by atoms with van der Waals surface area (Å²) in [5.74, 6) is 1.05. The molecule has 5 heteroatoms. The lowest BCUT2D eigenvalue weighted by atomic mass is 10.1. The molecule has 1 atom stereocenters. The topological polar surface area (TPSA) is 56.7 Å². The Kier molecular flexibility index (Phi) is 3.91. The maximum Gasteiger partial charge on any atom is 0.110 e. The highest BCUT2D eigenvalue weighted by molar-refractivity contribution is 7.09. The van der Waals surface area contributed by atoms with E-state index < -0.39 is 0 Å². The molecule has 1 unspecified atom stereocenters. The van der Waals surface area contributed by atoms with Crippen molar-refractivity contribution in [3.05, 3.63) is 34.3 Å². The van der Waals surface area contributed by atoms with Crippen LogP contribution in [0.1, 0.15) is 35.9 Å². The monoisotopic (exact) mass is 250 g/mol. The van der Waals surface area contributed by atoms with Crippen molar-refractivity contribution >= 4 is 11.3 Å². The lowest BCUT2D eigenvalue weighted by molar-refractivity contribution is 0.593. The number of nitrogens with zero attached hydrogens (tertiary/aromatic N) is 3. The fourth-order valence-corrected chi connectivity index (χ4v) is 2.50. The second kappa shape index (κ2) is 5.42. The highest BCUT2D eigenvalue weighted by Gasteiger charge is 2.13. The van der Waals surface area contributed by atoms with E-state index >= 15 is 0 Å². The molecule has 0 saturated heterocycles. The Morgan fingerprint density at radius 1 is 1.53 bits per heavy atom. The first-order valence-corrected chi connectivity index (χ1v) is 6.76. The number of imidazole rings is 1. The molecule has 0 fully saturated rings. The highest BCUT2D eigenvalue weighted by Crippen LogP contribution is 2.17. The van der Waals surface area contributed by atoms with Gasteiger partial charge in [-0.3, -0.25) is 0 Å². The van der Waals surface area contributed by atoms with Gasteiger partial charge < -0.3 is 10.3 Å². The summed E-state index contributed by atoms with van der Waals surface area (Å²) in [6.07, 6.45) is 5.70. The number of hydrogen-bond donors (Lipinski definition) is 1. The van der Waals surface area contributed by atoms with E-state index in [0.717, 1.165) is 35.9 Å². The van der Waals surface area contributed by atoms with Crippen molar-refractivity contribution in [2.24, 2.45) is 5.73 Å². The Labute approximate surface area is 106 Å². The van der Waals surface area contributed by atoms with E-state index in [9.17, 15) is 0 Å². The second-order valence-corrected chi connectivity index (χ2v) is 5.20. The van der Waals surface area contributed by atoms with Gasteiger partial charge in [0.05, 0.1) is 16.7 Å². The molecule has 4 nitrogen and oxygen atoms in total. The quantitative estimate of drug-likeness (QED) is 0.886. The van der Waals surface area contributed by atoms with E-state index in [2.05, 4.69) is 21.5 Å². The molecule has 0 aliphatic heterocycles. The van der Waals surface area contributed by atoms with Crippen molar-refractivity contribution in [2.75, 3.05) is 0 Å². The van der Waals surface area contributed by atoms with Crippen LogP contribution in [0.25, 0.3) is 0 Å². The molecule has 0 aliphatic carbocycles. The molecule has 0 aliphatic rings. The van der Waals surface area contributed by atoms with Gasteiger partial charge in [-0.1, -0.05) is 6.92 Å². The standard InChI is InChI=1S/C12H18N4S/c1-3-5-16-6-4-14-12(16)7-10(13)11-8-17-9(2)15-11/h4,6,8,10H,3,5,7,13H2,1-2H3. The largest absolute Gasteiger partial charge is 0.335 e. The van der Waals surface area contributed by atoms with Gasteiger partial charge in [-0.2, -0.15) is 0 Å². The van der Waals surface area contributed by atoms with Crippen molar-refractivity contribution in [2.45, 2.75) is 39.3 Å². The van der Waals surface area contributed by atoms with Crippen LogP contribution in [-0.2, 0) is 13.0 Å². The molecule has 17 heavy (non-hydrogen) atoms. The first-order valence-electron chi connectivity index (χ1n) is 5.88. The molecule has 0 saturated carbocycles. The van der Waals surface area contributed by atoms with Gasteiger partial charge >= 0.3 is 0 Å². The SMILES string of the molecule is CCCn1ccnc1CC(N)c1csc(C)n1. The second-order valence-electron chi connectivity index (χ2n) is 4.14. The molecule has 0 radical (unpaired) electrons. The molecule has 2 aromatic rings. The summed E-state index contributed by atoms with van der Waals surface area (Å²) >= 11 is 1.64. The van der Waals surface area contributed by atoms with E-state index in [4.69, 9.17) is 5.73 Å². The molecular weight excluding hydrogens is 232 g/mol. The summed E-state index contributed by atoms with van der Waals surface area (Å²) in [5, 5.41) is 3.10. The van der Waals surface area contributed by atoms with Gasteiger partial charge in [0.15, 0.2) is 0 Å². The summed E-state index contributed by atoms with van der Waals surface area (Å²) in [6.45, 7) is 5.16. The Balaban J connectivity index is 2.07. The smallest absolute Gasteiger partial charge is 0.110 e. The first kappa shape index (κ1) is 12.3. The minimum Gasteiger partial charge on any atom is -0.335 e. The number of thiazole rings is 1. The number of hydrogen-bond acceptors (Lipinski definition) is 4. The Hall–Kier alpha value is -1.20. The molecule has 0 bridgehead atoms. The van der Waals surface area contributed by atoms with Crippen molar-refractivity contribution in [3.63, 3.8) is 0 Å². The summed E-state index contributed by atoms with van der Waals surface area (Å²) in [4.78, 5) is 8.79. The molecule has 0 spiro atoms. The zero-order valence-electron chi connectivity index (χ0n) is 10.3.